The minimum Gasteiger partial charge on any atom is -0.456 e. The van der Waals surface area contributed by atoms with E-state index in [0.29, 0.717) is 0 Å². The van der Waals surface area contributed by atoms with E-state index in [2.05, 4.69) is 28.7 Å². The van der Waals surface area contributed by atoms with Crippen LogP contribution in [0.1, 0.15) is 6.92 Å². The first-order chi connectivity index (χ1) is 6.72. The second-order valence-electron chi connectivity index (χ2n) is 2.68. The molecule has 0 aromatic heterocycles. The Morgan fingerprint density at radius 3 is 2.33 bits per heavy atom. The fourth-order valence-electron chi connectivity index (χ4n) is 0.457. The van der Waals surface area contributed by atoms with Crippen molar-refractivity contribution in [2.75, 3.05) is 13.2 Å². The Morgan fingerprint density at radius 2 is 1.93 bits per heavy atom. The summed E-state index contributed by atoms with van der Waals surface area (Å²) in [5, 5.41) is -3.39. The summed E-state index contributed by atoms with van der Waals surface area (Å²) >= 11 is 2.84. The molecule has 0 bridgehead atoms. The van der Waals surface area contributed by atoms with E-state index in [1.54, 1.807) is 0 Å². The molecular formula is C8H10F2O4S. The van der Waals surface area contributed by atoms with Crippen LogP contribution in [0.5, 0.6) is 0 Å². The van der Waals surface area contributed by atoms with Gasteiger partial charge in [-0.1, -0.05) is 6.58 Å². The molecule has 0 N–H and O–H groups in total. The van der Waals surface area contributed by atoms with Crippen molar-refractivity contribution in [2.45, 2.75) is 12.2 Å². The Kier molecular flexibility index (Phi) is 5.27. The number of halogens is 2. The maximum Gasteiger partial charge on any atom is 0.344 e. The molecule has 0 rings (SSSR count). The monoisotopic (exact) mass is 240 g/mol. The van der Waals surface area contributed by atoms with Crippen molar-refractivity contribution in [3.05, 3.63) is 12.2 Å². The lowest BCUT2D eigenvalue weighted by atomic mass is 10.4. The number of rotatable bonds is 5. The molecule has 7 heteroatoms. The van der Waals surface area contributed by atoms with E-state index in [1.807, 2.05) is 0 Å². The molecule has 0 unspecified atom stereocenters. The first-order valence-electron chi connectivity index (χ1n) is 3.81. The van der Waals surface area contributed by atoms with Crippen molar-refractivity contribution in [3.8, 4) is 0 Å². The van der Waals surface area contributed by atoms with Gasteiger partial charge in [0.25, 0.3) is 0 Å². The molecule has 0 radical (unpaired) electrons. The van der Waals surface area contributed by atoms with Gasteiger partial charge in [0.05, 0.1) is 0 Å². The standard InChI is InChI=1S/C8H10F2O4S/c1-5(2)7(12)13-3-6(11)14-4-8(9,10)15/h15H,1,3-4H2,2H3. The number of thiol groups is 1. The van der Waals surface area contributed by atoms with E-state index >= 15 is 0 Å². The van der Waals surface area contributed by atoms with Crippen LogP contribution < -0.4 is 0 Å². The van der Waals surface area contributed by atoms with Gasteiger partial charge in [0.1, 0.15) is 0 Å². The molecule has 0 fully saturated rings. The predicted octanol–water partition coefficient (Wildman–Crippen LogP) is 1.17. The molecule has 0 atom stereocenters. The highest BCUT2D eigenvalue weighted by Crippen LogP contribution is 2.17. The molecular weight excluding hydrogens is 230 g/mol. The molecule has 15 heavy (non-hydrogen) atoms. The third kappa shape index (κ3) is 7.92. The molecule has 0 heterocycles. The lowest BCUT2D eigenvalue weighted by Gasteiger charge is -2.09. The van der Waals surface area contributed by atoms with Crippen molar-refractivity contribution in [2.24, 2.45) is 0 Å². The lowest BCUT2D eigenvalue weighted by Crippen LogP contribution is -2.23. The topological polar surface area (TPSA) is 52.6 Å². The van der Waals surface area contributed by atoms with Crippen LogP contribution in [0.15, 0.2) is 12.2 Å². The summed E-state index contributed by atoms with van der Waals surface area (Å²) in [6.45, 7) is 2.75. The maximum absolute atomic E-state index is 12.1. The first kappa shape index (κ1) is 13.9. The van der Waals surface area contributed by atoms with Crippen molar-refractivity contribution < 1.29 is 27.8 Å². The van der Waals surface area contributed by atoms with Gasteiger partial charge >= 0.3 is 17.2 Å². The Hall–Kier alpha value is -1.11. The molecule has 0 spiro atoms. The summed E-state index contributed by atoms with van der Waals surface area (Å²) in [4.78, 5) is 21.5. The number of hydrogen-bond acceptors (Lipinski definition) is 5. The van der Waals surface area contributed by atoms with E-state index in [-0.39, 0.29) is 5.57 Å². The Bertz CT molecular complexity index is 272. The van der Waals surface area contributed by atoms with Gasteiger partial charge in [-0.3, -0.25) is 0 Å². The van der Waals surface area contributed by atoms with Gasteiger partial charge in [-0.15, -0.1) is 12.6 Å². The van der Waals surface area contributed by atoms with Crippen LogP contribution in [0.2, 0.25) is 0 Å². The minimum absolute atomic E-state index is 0.0994. The van der Waals surface area contributed by atoms with Crippen molar-refractivity contribution >= 4 is 24.6 Å². The van der Waals surface area contributed by atoms with Crippen LogP contribution in [-0.2, 0) is 19.1 Å². The molecule has 0 saturated carbocycles. The number of carbonyl (C=O) groups is 2. The van der Waals surface area contributed by atoms with Gasteiger partial charge < -0.3 is 9.47 Å². The summed E-state index contributed by atoms with van der Waals surface area (Å²) in [5.41, 5.74) is 0.0994. The van der Waals surface area contributed by atoms with Crippen molar-refractivity contribution in [1.29, 1.82) is 0 Å². The highest BCUT2D eigenvalue weighted by Gasteiger charge is 2.25. The SMILES string of the molecule is C=C(C)C(=O)OCC(=O)OCC(F)(F)S. The summed E-state index contributed by atoms with van der Waals surface area (Å²) in [7, 11) is 0. The predicted molar refractivity (Wildman–Crippen MR) is 50.7 cm³/mol. The molecule has 0 aromatic rings. The second-order valence-corrected chi connectivity index (χ2v) is 3.34. The van der Waals surface area contributed by atoms with Gasteiger partial charge in [-0.25, -0.2) is 9.59 Å². The van der Waals surface area contributed by atoms with Gasteiger partial charge in [-0.2, -0.15) is 8.78 Å². The minimum atomic E-state index is -3.39. The zero-order valence-corrected chi connectivity index (χ0v) is 8.85. The summed E-state index contributed by atoms with van der Waals surface area (Å²) in [6, 6.07) is 0. The smallest absolute Gasteiger partial charge is 0.344 e. The van der Waals surface area contributed by atoms with E-state index in [4.69, 9.17) is 0 Å². The van der Waals surface area contributed by atoms with Gasteiger partial charge in [0.15, 0.2) is 13.2 Å². The van der Waals surface area contributed by atoms with Crippen LogP contribution >= 0.6 is 12.6 Å². The molecule has 0 saturated heterocycles. The van der Waals surface area contributed by atoms with Crippen molar-refractivity contribution in [1.82, 2.24) is 0 Å². The van der Waals surface area contributed by atoms with Crippen LogP contribution in [0.4, 0.5) is 8.78 Å². The number of hydrogen-bond donors (Lipinski definition) is 1. The molecule has 0 aliphatic rings. The molecule has 0 aromatic carbocycles. The highest BCUT2D eigenvalue weighted by molar-refractivity contribution is 7.81. The number of alkyl halides is 2. The van der Waals surface area contributed by atoms with Crippen molar-refractivity contribution in [3.63, 3.8) is 0 Å². The summed E-state index contributed by atoms with van der Waals surface area (Å²) in [5.74, 6) is -1.86. The van der Waals surface area contributed by atoms with Gasteiger partial charge in [0, 0.05) is 5.57 Å². The number of ether oxygens (including phenoxy) is 2. The van der Waals surface area contributed by atoms with Crippen LogP contribution in [-0.4, -0.2) is 30.4 Å². The van der Waals surface area contributed by atoms with E-state index in [0.717, 1.165) is 0 Å². The quantitative estimate of drug-likeness (QED) is 0.445. The van der Waals surface area contributed by atoms with E-state index < -0.39 is 30.4 Å². The van der Waals surface area contributed by atoms with Crippen LogP contribution in [0.3, 0.4) is 0 Å². The highest BCUT2D eigenvalue weighted by atomic mass is 32.1. The van der Waals surface area contributed by atoms with E-state index in [1.165, 1.54) is 6.92 Å². The lowest BCUT2D eigenvalue weighted by molar-refractivity contribution is -0.160. The number of carbonyl (C=O) groups excluding carboxylic acids is 2. The third-order valence-corrected chi connectivity index (χ3v) is 1.21. The fraction of sp³-hybridized carbons (Fsp3) is 0.500. The van der Waals surface area contributed by atoms with Gasteiger partial charge in [0.2, 0.25) is 0 Å². The molecule has 0 aliphatic carbocycles. The largest absolute Gasteiger partial charge is 0.456 e. The second kappa shape index (κ2) is 5.69. The van der Waals surface area contributed by atoms with Gasteiger partial charge in [-0.05, 0) is 6.92 Å². The number of esters is 2. The van der Waals surface area contributed by atoms with Crippen LogP contribution in [0.25, 0.3) is 0 Å². The van der Waals surface area contributed by atoms with Crippen LogP contribution in [0, 0.1) is 0 Å². The summed E-state index contributed by atoms with van der Waals surface area (Å²) < 4.78 is 32.6. The Morgan fingerprint density at radius 1 is 1.40 bits per heavy atom. The zero-order chi connectivity index (χ0) is 12.1. The Balaban J connectivity index is 3.77. The zero-order valence-electron chi connectivity index (χ0n) is 7.96. The molecule has 4 nitrogen and oxygen atoms in total. The fourth-order valence-corrected chi connectivity index (χ4v) is 0.521. The molecule has 0 amide bonds. The Labute approximate surface area is 90.6 Å². The average molecular weight is 240 g/mol. The molecule has 86 valence electrons. The normalized spacial score (nSPS) is 10.7. The summed E-state index contributed by atoms with van der Waals surface area (Å²) in [6.07, 6.45) is 0. The molecule has 0 aliphatic heterocycles. The average Bonchev–Trinajstić information content (AvgIpc) is 2.09. The first-order valence-corrected chi connectivity index (χ1v) is 4.25. The third-order valence-electron chi connectivity index (χ3n) is 1.08. The maximum atomic E-state index is 12.1. The van der Waals surface area contributed by atoms with E-state index in [9.17, 15) is 18.4 Å².